The number of hydrogen-bond donors (Lipinski definition) is 0. The number of anilines is 3. The van der Waals surface area contributed by atoms with Crippen molar-refractivity contribution in [1.29, 1.82) is 0 Å². The molecule has 0 fully saturated rings. The van der Waals surface area contributed by atoms with Gasteiger partial charge in [0.15, 0.2) is 0 Å². The van der Waals surface area contributed by atoms with Crippen LogP contribution < -0.4 is 4.90 Å². The van der Waals surface area contributed by atoms with Crippen molar-refractivity contribution in [2.45, 2.75) is 0 Å². The van der Waals surface area contributed by atoms with E-state index in [2.05, 4.69) is 241 Å². The maximum Gasteiger partial charge on any atom is 0.0468 e. The molecule has 0 aliphatic rings. The van der Waals surface area contributed by atoms with Crippen molar-refractivity contribution in [1.82, 2.24) is 0 Å². The van der Waals surface area contributed by atoms with E-state index in [-0.39, 0.29) is 0 Å². The zero-order valence-corrected chi connectivity index (χ0v) is 30.5. The molecule has 0 aromatic heterocycles. The van der Waals surface area contributed by atoms with Crippen molar-refractivity contribution in [3.63, 3.8) is 0 Å². The topological polar surface area (TPSA) is 3.24 Å². The van der Waals surface area contributed by atoms with Crippen molar-refractivity contribution in [2.24, 2.45) is 0 Å². The minimum absolute atomic E-state index is 1.09. The van der Waals surface area contributed by atoms with Gasteiger partial charge in [0, 0.05) is 17.1 Å². The molecule has 0 heterocycles. The molecule has 55 heavy (non-hydrogen) atoms. The van der Waals surface area contributed by atoms with Crippen LogP contribution in [0.3, 0.4) is 0 Å². The highest BCUT2D eigenvalue weighted by molar-refractivity contribution is 5.95. The fraction of sp³-hybridized carbons (Fsp3) is 0. The Morgan fingerprint density at radius 1 is 0.200 bits per heavy atom. The summed E-state index contributed by atoms with van der Waals surface area (Å²) in [7, 11) is 0. The zero-order chi connectivity index (χ0) is 36.8. The van der Waals surface area contributed by atoms with Crippen LogP contribution in [0.5, 0.6) is 0 Å². The van der Waals surface area contributed by atoms with Gasteiger partial charge in [-0.3, -0.25) is 0 Å². The van der Waals surface area contributed by atoms with Gasteiger partial charge >= 0.3 is 0 Å². The van der Waals surface area contributed by atoms with Gasteiger partial charge in [-0.2, -0.15) is 0 Å². The molecule has 0 bridgehead atoms. The molecule has 1 nitrogen and oxygen atoms in total. The second-order valence-electron chi connectivity index (χ2n) is 13.7. The summed E-state index contributed by atoms with van der Waals surface area (Å²) in [5, 5.41) is 0. The molecule has 9 aromatic rings. The molecular weight excluding hydrogens is 663 g/mol. The average molecular weight is 702 g/mol. The quantitative estimate of drug-likeness (QED) is 0.145. The highest BCUT2D eigenvalue weighted by atomic mass is 15.1. The maximum absolute atomic E-state index is 2.37. The predicted molar refractivity (Wildman–Crippen MR) is 234 cm³/mol. The maximum atomic E-state index is 2.37. The van der Waals surface area contributed by atoms with E-state index in [4.69, 9.17) is 0 Å². The van der Waals surface area contributed by atoms with Crippen LogP contribution in [0, 0.1) is 0 Å². The largest absolute Gasteiger partial charge is 0.310 e. The van der Waals surface area contributed by atoms with Crippen molar-refractivity contribution < 1.29 is 0 Å². The van der Waals surface area contributed by atoms with Crippen molar-refractivity contribution >= 4 is 17.1 Å². The van der Waals surface area contributed by atoms with Crippen molar-refractivity contribution in [3.8, 4) is 66.8 Å². The molecule has 0 atom stereocenters. The Bertz CT molecular complexity index is 2630. The second-order valence-corrected chi connectivity index (χ2v) is 13.7. The van der Waals surface area contributed by atoms with Crippen LogP contribution in [0.1, 0.15) is 0 Å². The van der Waals surface area contributed by atoms with E-state index in [1.54, 1.807) is 0 Å². The fourth-order valence-corrected chi connectivity index (χ4v) is 7.64. The lowest BCUT2D eigenvalue weighted by Gasteiger charge is -2.27. The van der Waals surface area contributed by atoms with Crippen LogP contribution in [-0.4, -0.2) is 0 Å². The molecule has 260 valence electrons. The van der Waals surface area contributed by atoms with Crippen molar-refractivity contribution in [3.05, 3.63) is 237 Å². The zero-order valence-electron chi connectivity index (χ0n) is 30.5. The molecule has 0 saturated heterocycles. The summed E-state index contributed by atoms with van der Waals surface area (Å²) in [5.74, 6) is 0. The van der Waals surface area contributed by atoms with E-state index >= 15 is 0 Å². The van der Waals surface area contributed by atoms with Gasteiger partial charge in [0.2, 0.25) is 0 Å². The Morgan fingerprint density at radius 2 is 0.545 bits per heavy atom. The first-order valence-corrected chi connectivity index (χ1v) is 18.8. The van der Waals surface area contributed by atoms with E-state index < -0.39 is 0 Å². The van der Waals surface area contributed by atoms with Crippen molar-refractivity contribution in [2.75, 3.05) is 4.90 Å². The summed E-state index contributed by atoms with van der Waals surface area (Å²) in [6.07, 6.45) is 0. The third kappa shape index (κ3) is 7.00. The molecule has 0 aliphatic heterocycles. The van der Waals surface area contributed by atoms with Crippen LogP contribution in [0.4, 0.5) is 17.1 Å². The molecule has 0 saturated carbocycles. The Labute approximate surface area is 324 Å². The lowest BCUT2D eigenvalue weighted by atomic mass is 9.87. The molecule has 9 rings (SSSR count). The predicted octanol–water partition coefficient (Wildman–Crippen LogP) is 15.2. The molecule has 0 N–H and O–H groups in total. The monoisotopic (exact) mass is 701 g/mol. The van der Waals surface area contributed by atoms with E-state index in [1.165, 1.54) is 66.8 Å². The second kappa shape index (κ2) is 15.4. The third-order valence-corrected chi connectivity index (χ3v) is 10.3. The van der Waals surface area contributed by atoms with Crippen LogP contribution in [0.2, 0.25) is 0 Å². The number of benzene rings is 9. The standard InChI is InChI=1S/C54H39N/c1-6-17-40(18-7-1)41-29-33-47(34-30-41)55(49-37-38-50(42-19-8-2-9-20-42)53(39-49)44-23-12-4-13-24-44)48-35-31-45(32-36-48)52-28-16-27-51(43-21-10-3-11-22-43)54(52)46-25-14-5-15-26-46/h1-39H. The molecule has 0 amide bonds. The Balaban J connectivity index is 1.18. The van der Waals surface area contributed by atoms with Crippen LogP contribution >= 0.6 is 0 Å². The third-order valence-electron chi connectivity index (χ3n) is 10.3. The lowest BCUT2D eigenvalue weighted by molar-refractivity contribution is 1.28. The van der Waals surface area contributed by atoms with Gasteiger partial charge in [0.05, 0.1) is 0 Å². The average Bonchev–Trinajstić information content (AvgIpc) is 3.28. The van der Waals surface area contributed by atoms with E-state index in [0.29, 0.717) is 0 Å². The first kappa shape index (κ1) is 33.6. The summed E-state index contributed by atoms with van der Waals surface area (Å²) in [6, 6.07) is 84.9. The van der Waals surface area contributed by atoms with E-state index in [9.17, 15) is 0 Å². The van der Waals surface area contributed by atoms with E-state index in [1.807, 2.05) is 0 Å². The van der Waals surface area contributed by atoms with Gasteiger partial charge in [0.25, 0.3) is 0 Å². The molecule has 1 heteroatoms. The fourth-order valence-electron chi connectivity index (χ4n) is 7.64. The minimum atomic E-state index is 1.09. The highest BCUT2D eigenvalue weighted by Crippen LogP contribution is 2.44. The number of rotatable bonds is 9. The Hall–Kier alpha value is -7.22. The van der Waals surface area contributed by atoms with Gasteiger partial charge in [-0.15, -0.1) is 0 Å². The van der Waals surface area contributed by atoms with E-state index in [0.717, 1.165) is 17.1 Å². The van der Waals surface area contributed by atoms with Crippen LogP contribution in [0.25, 0.3) is 66.8 Å². The molecule has 0 aliphatic carbocycles. The van der Waals surface area contributed by atoms with Gasteiger partial charge in [-0.25, -0.2) is 0 Å². The molecule has 9 aromatic carbocycles. The molecular formula is C54H39N. The lowest BCUT2D eigenvalue weighted by Crippen LogP contribution is -2.10. The Kier molecular flexibility index (Phi) is 9.41. The Morgan fingerprint density at radius 3 is 1.04 bits per heavy atom. The smallest absolute Gasteiger partial charge is 0.0468 e. The van der Waals surface area contributed by atoms with Crippen LogP contribution in [0.15, 0.2) is 237 Å². The minimum Gasteiger partial charge on any atom is -0.310 e. The van der Waals surface area contributed by atoms with Gasteiger partial charge < -0.3 is 4.90 Å². The number of nitrogens with zero attached hydrogens (tertiary/aromatic N) is 1. The van der Waals surface area contributed by atoms with Gasteiger partial charge in [-0.05, 0) is 103 Å². The highest BCUT2D eigenvalue weighted by Gasteiger charge is 2.18. The summed E-state index contributed by atoms with van der Waals surface area (Å²) >= 11 is 0. The molecule has 0 spiro atoms. The normalized spacial score (nSPS) is 10.9. The summed E-state index contributed by atoms with van der Waals surface area (Å²) in [6.45, 7) is 0. The van der Waals surface area contributed by atoms with Crippen LogP contribution in [-0.2, 0) is 0 Å². The SMILES string of the molecule is c1ccc(-c2ccc(N(c3ccc(-c4cccc(-c5ccccc5)c4-c4ccccc4)cc3)c3ccc(-c4ccccc4)c(-c4ccccc4)c3)cc2)cc1. The number of hydrogen-bond acceptors (Lipinski definition) is 1. The van der Waals surface area contributed by atoms with Gasteiger partial charge in [-0.1, -0.05) is 200 Å². The first-order chi connectivity index (χ1) is 27.3. The molecule has 0 radical (unpaired) electrons. The molecule has 0 unspecified atom stereocenters. The first-order valence-electron chi connectivity index (χ1n) is 18.8. The summed E-state index contributed by atoms with van der Waals surface area (Å²) < 4.78 is 0. The summed E-state index contributed by atoms with van der Waals surface area (Å²) in [4.78, 5) is 2.37. The summed E-state index contributed by atoms with van der Waals surface area (Å²) in [5.41, 5.74) is 17.7. The van der Waals surface area contributed by atoms with Gasteiger partial charge in [0.1, 0.15) is 0 Å².